The Balaban J connectivity index is 2.53. The first kappa shape index (κ1) is 12.5. The molecule has 5 heteroatoms. The van der Waals surface area contributed by atoms with Crippen LogP contribution in [0, 0.1) is 24.1 Å². The van der Waals surface area contributed by atoms with Crippen molar-refractivity contribution in [1.29, 1.82) is 5.26 Å². The number of thiazole rings is 1. The van der Waals surface area contributed by atoms with Crippen molar-refractivity contribution in [2.75, 3.05) is 5.73 Å². The number of hydrogen-bond acceptors (Lipinski definition) is 4. The van der Waals surface area contributed by atoms with E-state index in [0.717, 1.165) is 10.6 Å². The molecule has 0 amide bonds. The Hall–Kier alpha value is -1.93. The lowest BCUT2D eigenvalue weighted by Crippen LogP contribution is -2.01. The molecular formula is C13H12FN3S. The molecule has 0 spiro atoms. The lowest BCUT2D eigenvalue weighted by atomic mass is 9.94. The number of halogens is 1. The van der Waals surface area contributed by atoms with Crippen LogP contribution in [0.1, 0.15) is 34.5 Å². The highest BCUT2D eigenvalue weighted by Gasteiger charge is 2.19. The molecule has 1 aromatic carbocycles. The van der Waals surface area contributed by atoms with E-state index < -0.39 is 5.82 Å². The van der Waals surface area contributed by atoms with Crippen LogP contribution in [0.3, 0.4) is 0 Å². The van der Waals surface area contributed by atoms with Crippen molar-refractivity contribution >= 4 is 16.5 Å². The normalized spacial score (nSPS) is 12.1. The molecule has 2 N–H and O–H groups in total. The van der Waals surface area contributed by atoms with Crippen LogP contribution < -0.4 is 5.73 Å². The van der Waals surface area contributed by atoms with Gasteiger partial charge in [-0.1, -0.05) is 19.1 Å². The summed E-state index contributed by atoms with van der Waals surface area (Å²) in [6, 6.07) is 6.59. The van der Waals surface area contributed by atoms with Crippen LogP contribution in [0.25, 0.3) is 0 Å². The Bertz CT molecular complexity index is 628. The van der Waals surface area contributed by atoms with E-state index in [1.165, 1.54) is 17.4 Å². The minimum absolute atomic E-state index is 0.0925. The highest BCUT2D eigenvalue weighted by molar-refractivity contribution is 7.15. The monoisotopic (exact) mass is 261 g/mol. The summed E-state index contributed by atoms with van der Waals surface area (Å²) >= 11 is 1.38. The molecule has 0 saturated carbocycles. The summed E-state index contributed by atoms with van der Waals surface area (Å²) in [5.74, 6) is -0.581. The van der Waals surface area contributed by atoms with Gasteiger partial charge in [0.15, 0.2) is 5.13 Å². The fourth-order valence-corrected chi connectivity index (χ4v) is 2.90. The van der Waals surface area contributed by atoms with Gasteiger partial charge < -0.3 is 5.73 Å². The predicted molar refractivity (Wildman–Crippen MR) is 69.9 cm³/mol. The maximum absolute atomic E-state index is 13.6. The number of rotatable bonds is 2. The van der Waals surface area contributed by atoms with E-state index in [1.54, 1.807) is 12.1 Å². The molecule has 0 aliphatic rings. The Labute approximate surface area is 109 Å². The summed E-state index contributed by atoms with van der Waals surface area (Å²) in [5.41, 5.74) is 7.26. The molecule has 2 aromatic rings. The van der Waals surface area contributed by atoms with Gasteiger partial charge >= 0.3 is 0 Å². The number of anilines is 1. The summed E-state index contributed by atoms with van der Waals surface area (Å²) in [5, 5.41) is 9.53. The summed E-state index contributed by atoms with van der Waals surface area (Å²) in [4.78, 5) is 5.12. The van der Waals surface area contributed by atoms with Crippen LogP contribution in [0.15, 0.2) is 18.2 Å². The first-order valence-corrected chi connectivity index (χ1v) is 6.27. The van der Waals surface area contributed by atoms with Crippen molar-refractivity contribution in [2.45, 2.75) is 19.8 Å². The molecule has 18 heavy (non-hydrogen) atoms. The number of hydrogen-bond donors (Lipinski definition) is 1. The average molecular weight is 261 g/mol. The first-order valence-electron chi connectivity index (χ1n) is 5.46. The molecular weight excluding hydrogens is 249 g/mol. The van der Waals surface area contributed by atoms with Gasteiger partial charge in [0.05, 0.1) is 11.3 Å². The molecule has 1 heterocycles. The minimum Gasteiger partial charge on any atom is -0.375 e. The van der Waals surface area contributed by atoms with Crippen LogP contribution in [0.5, 0.6) is 0 Å². The molecule has 2 rings (SSSR count). The van der Waals surface area contributed by atoms with Crippen molar-refractivity contribution in [3.63, 3.8) is 0 Å². The van der Waals surface area contributed by atoms with Crippen LogP contribution >= 0.6 is 11.3 Å². The van der Waals surface area contributed by atoms with Crippen LogP contribution in [0.4, 0.5) is 9.52 Å². The third-order valence-electron chi connectivity index (χ3n) is 2.87. The topological polar surface area (TPSA) is 62.7 Å². The van der Waals surface area contributed by atoms with Crippen molar-refractivity contribution in [1.82, 2.24) is 4.98 Å². The predicted octanol–water partition coefficient (Wildman–Crippen LogP) is 3.20. The summed E-state index contributed by atoms with van der Waals surface area (Å²) in [6.07, 6.45) is 0. The fourth-order valence-electron chi connectivity index (χ4n) is 1.99. The molecule has 92 valence electrons. The Morgan fingerprint density at radius 1 is 1.50 bits per heavy atom. The Kier molecular flexibility index (Phi) is 3.30. The zero-order chi connectivity index (χ0) is 13.3. The smallest absolute Gasteiger partial charge is 0.180 e. The highest BCUT2D eigenvalue weighted by Crippen LogP contribution is 2.34. The number of nitrogens with two attached hydrogens (primary N) is 1. The summed E-state index contributed by atoms with van der Waals surface area (Å²) < 4.78 is 13.6. The van der Waals surface area contributed by atoms with Gasteiger partial charge in [0.25, 0.3) is 0 Å². The average Bonchev–Trinajstić information content (AvgIpc) is 2.67. The van der Waals surface area contributed by atoms with E-state index in [2.05, 4.69) is 4.98 Å². The molecule has 0 radical (unpaired) electrons. The maximum atomic E-state index is 13.6. The number of aryl methyl sites for hydroxylation is 1. The number of nitriles is 1. The largest absolute Gasteiger partial charge is 0.375 e. The first-order chi connectivity index (χ1) is 8.54. The van der Waals surface area contributed by atoms with E-state index in [0.29, 0.717) is 10.7 Å². The molecule has 0 bridgehead atoms. The maximum Gasteiger partial charge on any atom is 0.180 e. The van der Waals surface area contributed by atoms with Crippen molar-refractivity contribution < 1.29 is 4.39 Å². The summed E-state index contributed by atoms with van der Waals surface area (Å²) in [6.45, 7) is 3.79. The number of nitrogen functional groups attached to an aromatic ring is 1. The lowest BCUT2D eigenvalue weighted by Gasteiger charge is -2.12. The third-order valence-corrected chi connectivity index (χ3v) is 4.04. The number of nitrogens with zero attached hydrogens (tertiary/aromatic N) is 2. The second kappa shape index (κ2) is 4.75. The molecule has 0 saturated heterocycles. The lowest BCUT2D eigenvalue weighted by molar-refractivity contribution is 0.620. The van der Waals surface area contributed by atoms with Crippen molar-refractivity contribution in [3.05, 3.63) is 45.7 Å². The second-order valence-electron chi connectivity index (χ2n) is 4.04. The second-order valence-corrected chi connectivity index (χ2v) is 5.10. The molecule has 1 aromatic heterocycles. The SMILES string of the molecule is Cc1nc(N)sc1C(C)c1cccc(F)c1C#N. The van der Waals surface area contributed by atoms with Gasteiger partial charge in [0, 0.05) is 10.8 Å². The van der Waals surface area contributed by atoms with Gasteiger partial charge in [-0.05, 0) is 18.6 Å². The molecule has 1 unspecified atom stereocenters. The van der Waals surface area contributed by atoms with Gasteiger partial charge in [-0.2, -0.15) is 5.26 Å². The van der Waals surface area contributed by atoms with Crippen LogP contribution in [-0.4, -0.2) is 4.98 Å². The van der Waals surface area contributed by atoms with Crippen molar-refractivity contribution in [3.8, 4) is 6.07 Å². The van der Waals surface area contributed by atoms with Gasteiger partial charge in [0.1, 0.15) is 11.9 Å². The van der Waals surface area contributed by atoms with E-state index in [-0.39, 0.29) is 11.5 Å². The van der Waals surface area contributed by atoms with E-state index in [1.807, 2.05) is 19.9 Å². The molecule has 0 aliphatic heterocycles. The van der Waals surface area contributed by atoms with Gasteiger partial charge in [0.2, 0.25) is 0 Å². The fraction of sp³-hybridized carbons (Fsp3) is 0.231. The van der Waals surface area contributed by atoms with Gasteiger partial charge in [-0.3, -0.25) is 0 Å². The Morgan fingerprint density at radius 2 is 2.22 bits per heavy atom. The molecule has 0 fully saturated rings. The zero-order valence-electron chi connectivity index (χ0n) is 10.1. The number of aromatic nitrogens is 1. The zero-order valence-corrected chi connectivity index (χ0v) is 10.9. The third kappa shape index (κ3) is 2.07. The molecule has 0 aliphatic carbocycles. The quantitative estimate of drug-likeness (QED) is 0.903. The molecule has 3 nitrogen and oxygen atoms in total. The van der Waals surface area contributed by atoms with Crippen LogP contribution in [0.2, 0.25) is 0 Å². The van der Waals surface area contributed by atoms with Gasteiger partial charge in [-0.15, -0.1) is 11.3 Å². The Morgan fingerprint density at radius 3 is 2.78 bits per heavy atom. The minimum atomic E-state index is -0.489. The van der Waals surface area contributed by atoms with Crippen molar-refractivity contribution in [2.24, 2.45) is 0 Å². The van der Waals surface area contributed by atoms with E-state index >= 15 is 0 Å². The summed E-state index contributed by atoms with van der Waals surface area (Å²) in [7, 11) is 0. The van der Waals surface area contributed by atoms with Crippen LogP contribution in [-0.2, 0) is 0 Å². The van der Waals surface area contributed by atoms with E-state index in [4.69, 9.17) is 11.0 Å². The van der Waals surface area contributed by atoms with E-state index in [9.17, 15) is 4.39 Å². The van der Waals surface area contributed by atoms with Gasteiger partial charge in [-0.25, -0.2) is 9.37 Å². The molecule has 1 atom stereocenters. The highest BCUT2D eigenvalue weighted by atomic mass is 32.1. The standard InChI is InChI=1S/C13H12FN3S/c1-7(12-8(2)17-13(16)18-12)9-4-3-5-11(14)10(9)6-15/h3-5,7H,1-2H3,(H2,16,17). The number of benzene rings is 1.